The number of hydrogen-bond acceptors (Lipinski definition) is 4. The molecule has 6 nitrogen and oxygen atoms in total. The third kappa shape index (κ3) is 2.85. The van der Waals surface area contributed by atoms with Crippen molar-refractivity contribution in [2.24, 2.45) is 10.8 Å². The number of carbonyl (C=O) groups is 1. The first-order valence-corrected chi connectivity index (χ1v) is 9.51. The molecule has 1 aromatic heterocycles. The largest absolute Gasteiger partial charge is 0.348 e. The molecule has 0 unspecified atom stereocenters. The number of hydrogen-bond donors (Lipinski definition) is 2. The van der Waals surface area contributed by atoms with Crippen LogP contribution in [0.2, 0.25) is 0 Å². The van der Waals surface area contributed by atoms with Crippen molar-refractivity contribution in [3.05, 3.63) is 44.8 Å². The lowest BCUT2D eigenvalue weighted by molar-refractivity contribution is -0.132. The third-order valence-electron chi connectivity index (χ3n) is 5.66. The van der Waals surface area contributed by atoms with Crippen LogP contribution in [0.1, 0.15) is 32.0 Å². The molecule has 8 heteroatoms. The molecule has 0 radical (unpaired) electrons. The fourth-order valence-corrected chi connectivity index (χ4v) is 4.22. The van der Waals surface area contributed by atoms with Crippen LogP contribution < -0.4 is 11.0 Å². The van der Waals surface area contributed by atoms with E-state index in [0.29, 0.717) is 29.7 Å². The van der Waals surface area contributed by atoms with E-state index in [1.807, 2.05) is 6.92 Å². The molecule has 2 fully saturated rings. The molecule has 0 spiro atoms. The van der Waals surface area contributed by atoms with E-state index < -0.39 is 16.9 Å². The maximum atomic E-state index is 14.4. The van der Waals surface area contributed by atoms with E-state index >= 15 is 0 Å². The summed E-state index contributed by atoms with van der Waals surface area (Å²) in [6, 6.07) is 4.51. The van der Waals surface area contributed by atoms with Gasteiger partial charge in [0.2, 0.25) is 0 Å². The van der Waals surface area contributed by atoms with Crippen LogP contribution in [0.25, 0.3) is 5.69 Å². The highest BCUT2D eigenvalue weighted by molar-refractivity contribution is 9.10. The Hall–Kier alpha value is -1.80. The highest BCUT2D eigenvalue weighted by Gasteiger charge is 2.55. The first-order chi connectivity index (χ1) is 12.3. The molecule has 0 bridgehead atoms. The highest BCUT2D eigenvalue weighted by Crippen LogP contribution is 2.52. The lowest BCUT2D eigenvalue weighted by Gasteiger charge is -2.29. The summed E-state index contributed by atoms with van der Waals surface area (Å²) in [5.41, 5.74) is -1.24. The molecule has 1 saturated carbocycles. The molecule has 1 aliphatic carbocycles. The van der Waals surface area contributed by atoms with Crippen molar-refractivity contribution < 1.29 is 9.18 Å². The van der Waals surface area contributed by atoms with E-state index in [2.05, 4.69) is 31.4 Å². The zero-order valence-corrected chi connectivity index (χ0v) is 16.0. The molecule has 0 amide bonds. The SMILES string of the molecule is CC1(C(=O)[C@]2(Cc3n[nH]c(=O)n3-c3ccc(Br)cc3F)CCNC2)CC1. The Balaban J connectivity index is 1.75. The number of rotatable bonds is 5. The number of aromatic nitrogens is 3. The normalized spacial score (nSPS) is 24.0. The molecule has 1 aliphatic heterocycles. The number of aromatic amines is 1. The monoisotopic (exact) mass is 422 g/mol. The molecule has 1 atom stereocenters. The number of H-pyrrole nitrogens is 1. The highest BCUT2D eigenvalue weighted by atomic mass is 79.9. The van der Waals surface area contributed by atoms with Crippen molar-refractivity contribution in [1.29, 1.82) is 0 Å². The summed E-state index contributed by atoms with van der Waals surface area (Å²) in [4.78, 5) is 25.5. The van der Waals surface area contributed by atoms with Gasteiger partial charge in [-0.05, 0) is 44.0 Å². The van der Waals surface area contributed by atoms with Gasteiger partial charge in [0.05, 0.1) is 11.1 Å². The maximum absolute atomic E-state index is 14.4. The Morgan fingerprint density at radius 2 is 2.15 bits per heavy atom. The van der Waals surface area contributed by atoms with Gasteiger partial charge in [-0.25, -0.2) is 18.9 Å². The molecule has 2 aromatic rings. The van der Waals surface area contributed by atoms with E-state index in [1.54, 1.807) is 6.07 Å². The second-order valence-electron chi connectivity index (χ2n) is 7.65. The number of nitrogens with one attached hydrogen (secondary N) is 2. The number of ketones is 1. The summed E-state index contributed by atoms with van der Waals surface area (Å²) in [5.74, 6) is 0.0917. The van der Waals surface area contributed by atoms with Crippen molar-refractivity contribution in [2.45, 2.75) is 32.6 Å². The Kier molecular flexibility index (Phi) is 4.15. The topological polar surface area (TPSA) is 79.8 Å². The molecule has 4 rings (SSSR count). The van der Waals surface area contributed by atoms with Crippen molar-refractivity contribution in [1.82, 2.24) is 20.1 Å². The van der Waals surface area contributed by atoms with Crippen LogP contribution in [0.4, 0.5) is 4.39 Å². The van der Waals surface area contributed by atoms with Crippen molar-refractivity contribution in [3.63, 3.8) is 0 Å². The van der Waals surface area contributed by atoms with Crippen LogP contribution in [0, 0.1) is 16.6 Å². The number of halogens is 2. The first-order valence-electron chi connectivity index (χ1n) is 8.72. The molecule has 26 heavy (non-hydrogen) atoms. The fourth-order valence-electron chi connectivity index (χ4n) is 3.89. The van der Waals surface area contributed by atoms with Crippen molar-refractivity contribution in [2.75, 3.05) is 13.1 Å². The average molecular weight is 423 g/mol. The summed E-state index contributed by atoms with van der Waals surface area (Å²) in [6.07, 6.45) is 2.82. The van der Waals surface area contributed by atoms with Gasteiger partial charge in [0, 0.05) is 22.9 Å². The molecule has 1 saturated heterocycles. The van der Waals surface area contributed by atoms with Gasteiger partial charge in [0.15, 0.2) is 0 Å². The zero-order chi connectivity index (χ0) is 18.5. The molecule has 2 heterocycles. The number of nitrogens with zero attached hydrogens (tertiary/aromatic N) is 2. The van der Waals surface area contributed by atoms with Crippen LogP contribution >= 0.6 is 15.9 Å². The number of benzene rings is 1. The molecule has 138 valence electrons. The third-order valence-corrected chi connectivity index (χ3v) is 6.16. The van der Waals surface area contributed by atoms with E-state index in [0.717, 1.165) is 19.4 Å². The van der Waals surface area contributed by atoms with Crippen molar-refractivity contribution in [3.8, 4) is 5.69 Å². The van der Waals surface area contributed by atoms with E-state index in [-0.39, 0.29) is 16.9 Å². The summed E-state index contributed by atoms with van der Waals surface area (Å²) in [7, 11) is 0. The zero-order valence-electron chi connectivity index (χ0n) is 14.4. The van der Waals surface area contributed by atoms with Crippen LogP contribution in [-0.4, -0.2) is 33.6 Å². The quantitative estimate of drug-likeness (QED) is 0.774. The van der Waals surface area contributed by atoms with Gasteiger partial charge in [0.25, 0.3) is 0 Å². The Labute approximate surface area is 158 Å². The summed E-state index contributed by atoms with van der Waals surface area (Å²) in [6.45, 7) is 3.32. The second-order valence-corrected chi connectivity index (χ2v) is 8.57. The number of Topliss-reactive ketones (excluding diaryl/α,β-unsaturated/α-hetero) is 1. The second kappa shape index (κ2) is 6.13. The van der Waals surface area contributed by atoms with E-state index in [9.17, 15) is 14.0 Å². The Bertz CT molecular complexity index is 926. The fraction of sp³-hybridized carbons (Fsp3) is 0.500. The van der Waals surface area contributed by atoms with Gasteiger partial charge < -0.3 is 5.32 Å². The maximum Gasteiger partial charge on any atom is 0.348 e. The van der Waals surface area contributed by atoms with Crippen LogP contribution in [-0.2, 0) is 11.2 Å². The molecular formula is C18H20BrFN4O2. The van der Waals surface area contributed by atoms with E-state index in [4.69, 9.17) is 0 Å². The first kappa shape index (κ1) is 17.6. The Morgan fingerprint density at radius 1 is 1.38 bits per heavy atom. The average Bonchev–Trinajstić information content (AvgIpc) is 3.02. The van der Waals surface area contributed by atoms with Crippen LogP contribution in [0.3, 0.4) is 0 Å². The lowest BCUT2D eigenvalue weighted by atomic mass is 9.73. The van der Waals surface area contributed by atoms with Gasteiger partial charge in [-0.2, -0.15) is 5.10 Å². The number of carbonyl (C=O) groups excluding carboxylic acids is 1. The summed E-state index contributed by atoms with van der Waals surface area (Å²) < 4.78 is 16.3. The molecule has 2 N–H and O–H groups in total. The van der Waals surface area contributed by atoms with Crippen LogP contribution in [0.15, 0.2) is 27.5 Å². The molecular weight excluding hydrogens is 403 g/mol. The van der Waals surface area contributed by atoms with Gasteiger partial charge in [-0.1, -0.05) is 22.9 Å². The minimum Gasteiger partial charge on any atom is -0.316 e. The lowest BCUT2D eigenvalue weighted by Crippen LogP contribution is -2.41. The predicted octanol–water partition coefficient (Wildman–Crippen LogP) is 2.35. The smallest absolute Gasteiger partial charge is 0.316 e. The minimum absolute atomic E-state index is 0.133. The van der Waals surface area contributed by atoms with Gasteiger partial charge in [0.1, 0.15) is 17.4 Å². The van der Waals surface area contributed by atoms with E-state index in [1.165, 1.54) is 16.7 Å². The predicted molar refractivity (Wildman–Crippen MR) is 97.8 cm³/mol. The Morgan fingerprint density at radius 3 is 2.77 bits per heavy atom. The van der Waals surface area contributed by atoms with Crippen LogP contribution in [0.5, 0.6) is 0 Å². The summed E-state index contributed by atoms with van der Waals surface area (Å²) in [5, 5.41) is 9.80. The standard InChI is InChI=1S/C18H20BrFN4O2/c1-17(4-5-17)15(25)18(6-7-21-10-18)9-14-22-23-16(26)24(14)13-3-2-11(19)8-12(13)20/h2-3,8,21H,4-7,9-10H2,1H3,(H,23,26)/t18-/m0/s1. The van der Waals surface area contributed by atoms with Gasteiger partial charge in [-0.15, -0.1) is 0 Å². The van der Waals surface area contributed by atoms with Gasteiger partial charge >= 0.3 is 5.69 Å². The molecule has 1 aromatic carbocycles. The van der Waals surface area contributed by atoms with Gasteiger partial charge in [-0.3, -0.25) is 4.79 Å². The van der Waals surface area contributed by atoms with Crippen molar-refractivity contribution >= 4 is 21.7 Å². The molecule has 2 aliphatic rings. The minimum atomic E-state index is -0.597. The summed E-state index contributed by atoms with van der Waals surface area (Å²) >= 11 is 3.22.